The highest BCUT2D eigenvalue weighted by Gasteiger charge is 2.18. The quantitative estimate of drug-likeness (QED) is 0.704. The van der Waals surface area contributed by atoms with Crippen LogP contribution in [0.1, 0.15) is 28.8 Å². The molecule has 0 spiro atoms. The largest absolute Gasteiger partial charge is 0.490 e. The van der Waals surface area contributed by atoms with Gasteiger partial charge in [-0.15, -0.1) is 0 Å². The molecule has 1 aliphatic rings. The van der Waals surface area contributed by atoms with E-state index in [1.54, 1.807) is 11.0 Å². The third-order valence-electron chi connectivity index (χ3n) is 4.66. The Morgan fingerprint density at radius 3 is 2.54 bits per heavy atom. The van der Waals surface area contributed by atoms with Crippen molar-refractivity contribution in [2.45, 2.75) is 19.4 Å². The van der Waals surface area contributed by atoms with Gasteiger partial charge in [0.1, 0.15) is 12.4 Å². The lowest BCUT2D eigenvalue weighted by atomic mass is 10.1. The normalized spacial score (nSPS) is 13.5. The van der Waals surface area contributed by atoms with Crippen molar-refractivity contribution in [2.24, 2.45) is 0 Å². The number of benzene rings is 2. The van der Waals surface area contributed by atoms with E-state index in [0.29, 0.717) is 18.7 Å². The van der Waals surface area contributed by atoms with Gasteiger partial charge in [-0.05, 0) is 48.7 Å². The summed E-state index contributed by atoms with van der Waals surface area (Å²) >= 11 is 0. The summed E-state index contributed by atoms with van der Waals surface area (Å²) in [5.74, 6) is 0.750. The number of carbonyl (C=O) groups is 1. The highest BCUT2D eigenvalue weighted by atomic mass is 16.5. The SMILES string of the molecule is C=CCOc1ccc(C(=O)N(C)Cc2ccccc2N2CCCC2)cc1. The van der Waals surface area contributed by atoms with Crippen LogP contribution in [-0.4, -0.2) is 37.6 Å². The maximum absolute atomic E-state index is 12.8. The van der Waals surface area contributed by atoms with Gasteiger partial charge in [-0.25, -0.2) is 0 Å². The molecular formula is C22H26N2O2. The van der Waals surface area contributed by atoms with Crippen LogP contribution in [0.5, 0.6) is 5.75 Å². The summed E-state index contributed by atoms with van der Waals surface area (Å²) in [6.07, 6.45) is 4.18. The van der Waals surface area contributed by atoms with Crippen molar-refractivity contribution in [1.29, 1.82) is 0 Å². The van der Waals surface area contributed by atoms with Crippen LogP contribution in [-0.2, 0) is 6.54 Å². The zero-order chi connectivity index (χ0) is 18.4. The first-order chi connectivity index (χ1) is 12.7. The molecule has 0 unspecified atom stereocenters. The lowest BCUT2D eigenvalue weighted by Gasteiger charge is -2.24. The minimum Gasteiger partial charge on any atom is -0.490 e. The fraction of sp³-hybridized carbons (Fsp3) is 0.318. The van der Waals surface area contributed by atoms with Gasteiger partial charge < -0.3 is 14.5 Å². The van der Waals surface area contributed by atoms with E-state index in [-0.39, 0.29) is 5.91 Å². The number of carbonyl (C=O) groups excluding carboxylic acids is 1. The molecule has 0 atom stereocenters. The first-order valence-electron chi connectivity index (χ1n) is 9.11. The van der Waals surface area contributed by atoms with E-state index in [2.05, 4.69) is 29.7 Å². The summed E-state index contributed by atoms with van der Waals surface area (Å²) < 4.78 is 5.47. The average Bonchev–Trinajstić information content (AvgIpc) is 3.21. The molecule has 0 bridgehead atoms. The van der Waals surface area contributed by atoms with Gasteiger partial charge in [0.05, 0.1) is 0 Å². The highest BCUT2D eigenvalue weighted by Crippen LogP contribution is 2.25. The molecule has 1 aliphatic heterocycles. The van der Waals surface area contributed by atoms with Crippen LogP contribution in [0.3, 0.4) is 0 Å². The van der Waals surface area contributed by atoms with Gasteiger partial charge in [-0.2, -0.15) is 0 Å². The zero-order valence-electron chi connectivity index (χ0n) is 15.4. The van der Waals surface area contributed by atoms with Gasteiger partial charge >= 0.3 is 0 Å². The molecule has 136 valence electrons. The monoisotopic (exact) mass is 350 g/mol. The second kappa shape index (κ2) is 8.56. The first-order valence-corrected chi connectivity index (χ1v) is 9.11. The maximum Gasteiger partial charge on any atom is 0.253 e. The number of amides is 1. The summed E-state index contributed by atoms with van der Waals surface area (Å²) in [5.41, 5.74) is 3.10. The van der Waals surface area contributed by atoms with Crippen molar-refractivity contribution in [1.82, 2.24) is 4.90 Å². The zero-order valence-corrected chi connectivity index (χ0v) is 15.4. The molecule has 1 heterocycles. The Morgan fingerprint density at radius 1 is 1.15 bits per heavy atom. The van der Waals surface area contributed by atoms with E-state index >= 15 is 0 Å². The number of rotatable bonds is 7. The van der Waals surface area contributed by atoms with Gasteiger partial charge in [0.25, 0.3) is 5.91 Å². The van der Waals surface area contributed by atoms with Crippen molar-refractivity contribution in [3.8, 4) is 5.75 Å². The Bertz CT molecular complexity index is 749. The predicted molar refractivity (Wildman–Crippen MR) is 106 cm³/mol. The summed E-state index contributed by atoms with van der Waals surface area (Å²) in [6, 6.07) is 15.6. The Morgan fingerprint density at radius 2 is 1.85 bits per heavy atom. The summed E-state index contributed by atoms with van der Waals surface area (Å²) in [7, 11) is 1.85. The fourth-order valence-electron chi connectivity index (χ4n) is 3.31. The van der Waals surface area contributed by atoms with Crippen LogP contribution in [0, 0.1) is 0 Å². The Labute approximate surface area is 155 Å². The molecule has 0 aliphatic carbocycles. The minimum absolute atomic E-state index is 0.0106. The van der Waals surface area contributed by atoms with E-state index in [1.807, 2.05) is 37.4 Å². The van der Waals surface area contributed by atoms with Crippen molar-refractivity contribution in [3.63, 3.8) is 0 Å². The van der Waals surface area contributed by atoms with E-state index in [1.165, 1.54) is 24.1 Å². The molecule has 1 saturated heterocycles. The average molecular weight is 350 g/mol. The van der Waals surface area contributed by atoms with Crippen molar-refractivity contribution in [2.75, 3.05) is 31.6 Å². The molecular weight excluding hydrogens is 324 g/mol. The Hall–Kier alpha value is -2.75. The molecule has 3 rings (SSSR count). The number of anilines is 1. The van der Waals surface area contributed by atoms with Crippen molar-refractivity contribution < 1.29 is 9.53 Å². The van der Waals surface area contributed by atoms with Gasteiger partial charge in [0.15, 0.2) is 0 Å². The summed E-state index contributed by atoms with van der Waals surface area (Å²) in [6.45, 7) is 6.88. The van der Waals surface area contributed by atoms with Crippen molar-refractivity contribution in [3.05, 3.63) is 72.3 Å². The van der Waals surface area contributed by atoms with Crippen LogP contribution in [0.4, 0.5) is 5.69 Å². The predicted octanol–water partition coefficient (Wildman–Crippen LogP) is 4.12. The van der Waals surface area contributed by atoms with Gasteiger partial charge in [-0.1, -0.05) is 30.9 Å². The summed E-state index contributed by atoms with van der Waals surface area (Å²) in [4.78, 5) is 17.0. The van der Waals surface area contributed by atoms with E-state index in [4.69, 9.17) is 4.74 Å². The third kappa shape index (κ3) is 4.26. The first kappa shape index (κ1) is 18.1. The number of nitrogens with zero attached hydrogens (tertiary/aromatic N) is 2. The smallest absolute Gasteiger partial charge is 0.253 e. The van der Waals surface area contributed by atoms with Gasteiger partial charge in [0, 0.05) is 37.9 Å². The molecule has 4 nitrogen and oxygen atoms in total. The molecule has 0 N–H and O–H groups in total. The number of hydrogen-bond acceptors (Lipinski definition) is 3. The fourth-order valence-corrected chi connectivity index (χ4v) is 3.31. The van der Waals surface area contributed by atoms with E-state index in [0.717, 1.165) is 18.8 Å². The number of ether oxygens (including phenoxy) is 1. The number of hydrogen-bond donors (Lipinski definition) is 0. The van der Waals surface area contributed by atoms with Crippen molar-refractivity contribution >= 4 is 11.6 Å². The third-order valence-corrected chi connectivity index (χ3v) is 4.66. The maximum atomic E-state index is 12.8. The second-order valence-electron chi connectivity index (χ2n) is 6.61. The van der Waals surface area contributed by atoms with Crippen LogP contribution in [0.15, 0.2) is 61.2 Å². The van der Waals surface area contributed by atoms with Crippen LogP contribution in [0.2, 0.25) is 0 Å². The molecule has 0 saturated carbocycles. The van der Waals surface area contributed by atoms with Gasteiger partial charge in [-0.3, -0.25) is 4.79 Å². The molecule has 1 amide bonds. The Kier molecular flexibility index (Phi) is 5.95. The highest BCUT2D eigenvalue weighted by molar-refractivity contribution is 5.94. The standard InChI is InChI=1S/C22H26N2O2/c1-3-16-26-20-12-10-18(11-13-20)22(25)23(2)17-19-8-4-5-9-21(19)24-14-6-7-15-24/h3-5,8-13H,1,6-7,14-17H2,2H3. The lowest BCUT2D eigenvalue weighted by Crippen LogP contribution is -2.28. The van der Waals surface area contributed by atoms with Crippen LogP contribution < -0.4 is 9.64 Å². The van der Waals surface area contributed by atoms with Crippen LogP contribution >= 0.6 is 0 Å². The van der Waals surface area contributed by atoms with E-state index < -0.39 is 0 Å². The second-order valence-corrected chi connectivity index (χ2v) is 6.61. The molecule has 2 aromatic rings. The van der Waals surface area contributed by atoms with E-state index in [9.17, 15) is 4.79 Å². The minimum atomic E-state index is 0.0106. The topological polar surface area (TPSA) is 32.8 Å². The molecule has 0 radical (unpaired) electrons. The molecule has 4 heteroatoms. The lowest BCUT2D eigenvalue weighted by molar-refractivity contribution is 0.0785. The van der Waals surface area contributed by atoms with Gasteiger partial charge in [0.2, 0.25) is 0 Å². The molecule has 1 fully saturated rings. The number of para-hydroxylation sites is 1. The summed E-state index contributed by atoms with van der Waals surface area (Å²) in [5, 5.41) is 0. The molecule has 0 aromatic heterocycles. The molecule has 2 aromatic carbocycles. The Balaban J connectivity index is 1.69. The molecule has 26 heavy (non-hydrogen) atoms. The van der Waals surface area contributed by atoms with Crippen LogP contribution in [0.25, 0.3) is 0 Å².